The molecule has 1 aliphatic carbocycles. The summed E-state index contributed by atoms with van der Waals surface area (Å²) in [7, 11) is 1.60. The second-order valence-electron chi connectivity index (χ2n) is 5.49. The van der Waals surface area contributed by atoms with E-state index in [0.717, 1.165) is 12.8 Å². The molecule has 0 radical (unpaired) electrons. The summed E-state index contributed by atoms with van der Waals surface area (Å²) in [5.41, 5.74) is 3.64. The molecule has 2 aromatic rings. The van der Waals surface area contributed by atoms with Crippen molar-refractivity contribution in [3.63, 3.8) is 0 Å². The number of anilines is 1. The molecule has 0 saturated heterocycles. The van der Waals surface area contributed by atoms with Gasteiger partial charge >= 0.3 is 0 Å². The first-order valence-corrected chi connectivity index (χ1v) is 7.44. The third kappa shape index (κ3) is 2.96. The van der Waals surface area contributed by atoms with Gasteiger partial charge in [0.2, 0.25) is 0 Å². The monoisotopic (exact) mass is 299 g/mol. The third-order valence-corrected chi connectivity index (χ3v) is 4.02. The number of carbonyl (C=O) groups is 1. The van der Waals surface area contributed by atoms with Gasteiger partial charge in [0.05, 0.1) is 12.8 Å². The Morgan fingerprint density at radius 1 is 1.09 bits per heavy atom. The lowest BCUT2D eigenvalue weighted by Crippen LogP contribution is -2.14. The number of amides is 1. The molecule has 114 valence electrons. The van der Waals surface area contributed by atoms with E-state index in [1.54, 1.807) is 7.11 Å². The number of methoxy groups -OCH3 is 1. The van der Waals surface area contributed by atoms with Crippen LogP contribution in [-0.4, -0.2) is 13.0 Å². The van der Waals surface area contributed by atoms with Gasteiger partial charge in [-0.2, -0.15) is 0 Å². The van der Waals surface area contributed by atoms with Crippen LogP contribution in [0.4, 0.5) is 10.1 Å². The van der Waals surface area contributed by atoms with Crippen LogP contribution < -0.4 is 10.1 Å². The van der Waals surface area contributed by atoms with E-state index in [9.17, 15) is 9.18 Å². The minimum Gasteiger partial charge on any atom is -0.495 e. The minimum absolute atomic E-state index is 0.269. The lowest BCUT2D eigenvalue weighted by Gasteiger charge is -2.19. The fraction of sp³-hybridized carbons (Fsp3) is 0.278. The number of hydrogen-bond donors (Lipinski definition) is 1. The number of nitrogens with one attached hydrogen (secondary N) is 1. The Morgan fingerprint density at radius 2 is 1.73 bits per heavy atom. The Labute approximate surface area is 129 Å². The SMILES string of the molecule is COc1cc2c(cc1NC(=O)c1ccc(F)cc1)CCCC2. The van der Waals surface area contributed by atoms with Crippen molar-refractivity contribution in [3.8, 4) is 5.75 Å². The topological polar surface area (TPSA) is 38.3 Å². The molecule has 22 heavy (non-hydrogen) atoms. The molecule has 0 spiro atoms. The Hall–Kier alpha value is -2.36. The van der Waals surface area contributed by atoms with Crippen LogP contribution in [0.2, 0.25) is 0 Å². The van der Waals surface area contributed by atoms with Gasteiger partial charge < -0.3 is 10.1 Å². The van der Waals surface area contributed by atoms with Gasteiger partial charge in [-0.3, -0.25) is 4.79 Å². The Balaban J connectivity index is 1.87. The first-order chi connectivity index (χ1) is 10.7. The van der Waals surface area contributed by atoms with E-state index in [0.29, 0.717) is 17.0 Å². The maximum atomic E-state index is 12.9. The minimum atomic E-state index is -0.358. The predicted molar refractivity (Wildman–Crippen MR) is 84.0 cm³/mol. The quantitative estimate of drug-likeness (QED) is 0.931. The van der Waals surface area contributed by atoms with Crippen LogP contribution in [0.15, 0.2) is 36.4 Å². The molecule has 0 bridgehead atoms. The highest BCUT2D eigenvalue weighted by molar-refractivity contribution is 6.05. The summed E-state index contributed by atoms with van der Waals surface area (Å²) >= 11 is 0. The van der Waals surface area contributed by atoms with E-state index >= 15 is 0 Å². The second kappa shape index (κ2) is 6.18. The highest BCUT2D eigenvalue weighted by Gasteiger charge is 2.16. The van der Waals surface area contributed by atoms with Gasteiger partial charge in [-0.1, -0.05) is 0 Å². The number of benzene rings is 2. The number of rotatable bonds is 3. The number of carbonyl (C=O) groups excluding carboxylic acids is 1. The normalized spacial score (nSPS) is 13.4. The van der Waals surface area contributed by atoms with Crippen molar-refractivity contribution in [2.75, 3.05) is 12.4 Å². The Morgan fingerprint density at radius 3 is 2.36 bits per heavy atom. The van der Waals surface area contributed by atoms with E-state index in [2.05, 4.69) is 5.32 Å². The summed E-state index contributed by atoms with van der Waals surface area (Å²) in [5.74, 6) is 0.0353. The highest BCUT2D eigenvalue weighted by Crippen LogP contribution is 2.32. The zero-order chi connectivity index (χ0) is 15.5. The van der Waals surface area contributed by atoms with Gasteiger partial charge in [0, 0.05) is 5.56 Å². The zero-order valence-corrected chi connectivity index (χ0v) is 12.5. The number of fused-ring (bicyclic) bond motifs is 1. The van der Waals surface area contributed by atoms with E-state index in [-0.39, 0.29) is 11.7 Å². The summed E-state index contributed by atoms with van der Waals surface area (Å²) in [6.07, 6.45) is 4.44. The summed E-state index contributed by atoms with van der Waals surface area (Å²) in [6.45, 7) is 0. The summed E-state index contributed by atoms with van der Waals surface area (Å²) in [6, 6.07) is 9.49. The maximum Gasteiger partial charge on any atom is 0.255 e. The average molecular weight is 299 g/mol. The molecule has 0 aliphatic heterocycles. The zero-order valence-electron chi connectivity index (χ0n) is 12.5. The van der Waals surface area contributed by atoms with Crippen LogP contribution >= 0.6 is 0 Å². The molecule has 1 N–H and O–H groups in total. The van der Waals surface area contributed by atoms with E-state index in [1.807, 2.05) is 12.1 Å². The van der Waals surface area contributed by atoms with Crippen molar-refractivity contribution in [1.29, 1.82) is 0 Å². The van der Waals surface area contributed by atoms with Gasteiger partial charge in [0.1, 0.15) is 11.6 Å². The van der Waals surface area contributed by atoms with Crippen molar-refractivity contribution >= 4 is 11.6 Å². The number of hydrogen-bond acceptors (Lipinski definition) is 2. The third-order valence-electron chi connectivity index (χ3n) is 4.02. The van der Waals surface area contributed by atoms with Crippen molar-refractivity contribution in [2.24, 2.45) is 0 Å². The smallest absolute Gasteiger partial charge is 0.255 e. The molecule has 3 nitrogen and oxygen atoms in total. The van der Waals surface area contributed by atoms with Crippen LogP contribution in [0, 0.1) is 5.82 Å². The molecule has 0 fully saturated rings. The molecule has 0 heterocycles. The highest BCUT2D eigenvalue weighted by atomic mass is 19.1. The Kier molecular flexibility index (Phi) is 4.09. The molecule has 2 aromatic carbocycles. The van der Waals surface area contributed by atoms with Crippen LogP contribution in [0.5, 0.6) is 5.75 Å². The van der Waals surface area contributed by atoms with Gasteiger partial charge in [-0.25, -0.2) is 4.39 Å². The van der Waals surface area contributed by atoms with Crippen LogP contribution in [-0.2, 0) is 12.8 Å². The molecule has 0 saturated carbocycles. The van der Waals surface area contributed by atoms with Crippen LogP contribution in [0.3, 0.4) is 0 Å². The number of ether oxygens (including phenoxy) is 1. The fourth-order valence-corrected chi connectivity index (χ4v) is 2.83. The Bertz CT molecular complexity index is 695. The lowest BCUT2D eigenvalue weighted by atomic mass is 9.91. The molecule has 3 rings (SSSR count). The molecule has 4 heteroatoms. The first-order valence-electron chi connectivity index (χ1n) is 7.44. The second-order valence-corrected chi connectivity index (χ2v) is 5.49. The molecular weight excluding hydrogens is 281 g/mol. The molecule has 0 unspecified atom stereocenters. The van der Waals surface area contributed by atoms with Gasteiger partial charge in [-0.15, -0.1) is 0 Å². The summed E-state index contributed by atoms with van der Waals surface area (Å²) in [5, 5.41) is 2.86. The molecule has 0 atom stereocenters. The van der Waals surface area contributed by atoms with Gasteiger partial charge in [0.25, 0.3) is 5.91 Å². The number of aryl methyl sites for hydroxylation is 2. The van der Waals surface area contributed by atoms with Crippen LogP contribution in [0.25, 0.3) is 0 Å². The number of halogens is 1. The van der Waals surface area contributed by atoms with E-state index in [4.69, 9.17) is 4.74 Å². The average Bonchev–Trinajstić information content (AvgIpc) is 2.54. The largest absolute Gasteiger partial charge is 0.495 e. The summed E-state index contributed by atoms with van der Waals surface area (Å²) in [4.78, 5) is 12.3. The van der Waals surface area contributed by atoms with E-state index < -0.39 is 0 Å². The van der Waals surface area contributed by atoms with Crippen molar-refractivity contribution in [1.82, 2.24) is 0 Å². The molecule has 0 aromatic heterocycles. The molecule has 1 aliphatic rings. The van der Waals surface area contributed by atoms with Crippen molar-refractivity contribution in [2.45, 2.75) is 25.7 Å². The van der Waals surface area contributed by atoms with Crippen molar-refractivity contribution < 1.29 is 13.9 Å². The van der Waals surface area contributed by atoms with E-state index in [1.165, 1.54) is 48.2 Å². The van der Waals surface area contributed by atoms with Crippen LogP contribution in [0.1, 0.15) is 34.3 Å². The standard InChI is InChI=1S/C18H18FNO2/c1-22-17-11-14-5-3-2-4-13(14)10-16(17)20-18(21)12-6-8-15(19)9-7-12/h6-11H,2-5H2,1H3,(H,20,21). The summed E-state index contributed by atoms with van der Waals surface area (Å²) < 4.78 is 18.3. The first kappa shape index (κ1) is 14.6. The lowest BCUT2D eigenvalue weighted by molar-refractivity contribution is 0.102. The van der Waals surface area contributed by atoms with Gasteiger partial charge in [-0.05, 0) is 73.2 Å². The van der Waals surface area contributed by atoms with Gasteiger partial charge in [0.15, 0.2) is 0 Å². The predicted octanol–water partition coefficient (Wildman–Crippen LogP) is 3.97. The maximum absolute atomic E-state index is 12.9. The molecule has 1 amide bonds. The van der Waals surface area contributed by atoms with Crippen molar-refractivity contribution in [3.05, 3.63) is 58.9 Å². The fourth-order valence-electron chi connectivity index (χ4n) is 2.83. The molecular formula is C18H18FNO2.